The molecule has 0 aromatic carbocycles. The van der Waals surface area contributed by atoms with Gasteiger partial charge >= 0.3 is 5.97 Å². The number of hydrogen-bond acceptors (Lipinski definition) is 5. The first-order chi connectivity index (χ1) is 7.41. The van der Waals surface area contributed by atoms with Crippen LogP contribution in [0.15, 0.2) is 5.38 Å². The molecule has 7 heteroatoms. The zero-order chi connectivity index (χ0) is 12.3. The smallest absolute Gasteiger partial charge is 0.325 e. The molecule has 1 amide bonds. The van der Waals surface area contributed by atoms with Crippen molar-refractivity contribution in [3.05, 3.63) is 16.1 Å². The van der Waals surface area contributed by atoms with Crippen LogP contribution in [0.25, 0.3) is 0 Å². The van der Waals surface area contributed by atoms with Gasteiger partial charge in [-0.2, -0.15) is 0 Å². The maximum Gasteiger partial charge on any atom is 0.325 e. The van der Waals surface area contributed by atoms with Crippen LogP contribution in [0.1, 0.15) is 35.4 Å². The van der Waals surface area contributed by atoms with Crippen molar-refractivity contribution in [3.8, 4) is 0 Å². The highest BCUT2D eigenvalue weighted by Gasteiger charge is 2.18. The molecule has 1 unspecified atom stereocenters. The summed E-state index contributed by atoms with van der Waals surface area (Å²) < 4.78 is 0. The van der Waals surface area contributed by atoms with Crippen molar-refractivity contribution in [3.63, 3.8) is 0 Å². The van der Waals surface area contributed by atoms with Gasteiger partial charge in [-0.05, 0) is 13.8 Å². The van der Waals surface area contributed by atoms with E-state index in [2.05, 4.69) is 10.3 Å². The number of carboxylic acid groups (broad SMARTS) is 1. The van der Waals surface area contributed by atoms with Gasteiger partial charge in [-0.1, -0.05) is 0 Å². The lowest BCUT2D eigenvalue weighted by atomic mass is 10.3. The number of nitrogens with one attached hydrogen (secondary N) is 1. The van der Waals surface area contributed by atoms with Crippen molar-refractivity contribution in [1.29, 1.82) is 0 Å². The van der Waals surface area contributed by atoms with Gasteiger partial charge in [-0.25, -0.2) is 4.98 Å². The SMILES string of the molecule is CC(N)c1nc(C(=O)N[C@H](C)C(=O)O)cs1. The largest absolute Gasteiger partial charge is 0.480 e. The third-order valence-corrected chi connectivity index (χ3v) is 2.91. The Morgan fingerprint density at radius 2 is 2.19 bits per heavy atom. The van der Waals surface area contributed by atoms with Crippen LogP contribution in [0.4, 0.5) is 0 Å². The van der Waals surface area contributed by atoms with E-state index in [1.54, 1.807) is 12.3 Å². The molecule has 1 aromatic rings. The van der Waals surface area contributed by atoms with Crippen LogP contribution < -0.4 is 11.1 Å². The second-order valence-electron chi connectivity index (χ2n) is 3.39. The van der Waals surface area contributed by atoms with Crippen molar-refractivity contribution in [2.24, 2.45) is 5.73 Å². The van der Waals surface area contributed by atoms with Gasteiger partial charge in [0, 0.05) is 5.38 Å². The Morgan fingerprint density at radius 1 is 1.56 bits per heavy atom. The average Bonchev–Trinajstić information content (AvgIpc) is 2.65. The quantitative estimate of drug-likeness (QED) is 0.708. The summed E-state index contributed by atoms with van der Waals surface area (Å²) in [6.07, 6.45) is 0. The van der Waals surface area contributed by atoms with Crippen LogP contribution in [-0.4, -0.2) is 28.0 Å². The molecule has 6 nitrogen and oxygen atoms in total. The van der Waals surface area contributed by atoms with Crippen LogP contribution in [0.5, 0.6) is 0 Å². The normalized spacial score (nSPS) is 14.2. The fourth-order valence-corrected chi connectivity index (χ4v) is 1.69. The number of hydrogen-bond donors (Lipinski definition) is 3. The maximum atomic E-state index is 11.5. The van der Waals surface area contributed by atoms with Gasteiger partial charge in [0.25, 0.3) is 5.91 Å². The molecule has 0 bridgehead atoms. The third kappa shape index (κ3) is 3.01. The Bertz CT molecular complexity index is 402. The minimum atomic E-state index is -1.09. The Morgan fingerprint density at radius 3 is 2.62 bits per heavy atom. The molecule has 2 atom stereocenters. The van der Waals surface area contributed by atoms with Gasteiger partial charge in [0.1, 0.15) is 16.7 Å². The summed E-state index contributed by atoms with van der Waals surface area (Å²) in [5.74, 6) is -1.59. The van der Waals surface area contributed by atoms with Gasteiger partial charge in [-0.3, -0.25) is 9.59 Å². The second-order valence-corrected chi connectivity index (χ2v) is 4.28. The molecule has 0 aliphatic heterocycles. The summed E-state index contributed by atoms with van der Waals surface area (Å²) in [5.41, 5.74) is 5.80. The van der Waals surface area contributed by atoms with Crippen LogP contribution in [-0.2, 0) is 4.79 Å². The number of amides is 1. The molecule has 1 rings (SSSR count). The van der Waals surface area contributed by atoms with Crippen molar-refractivity contribution in [2.75, 3.05) is 0 Å². The first-order valence-corrected chi connectivity index (χ1v) is 5.54. The Balaban J connectivity index is 2.70. The van der Waals surface area contributed by atoms with Gasteiger partial charge < -0.3 is 16.2 Å². The summed E-state index contributed by atoms with van der Waals surface area (Å²) in [7, 11) is 0. The molecule has 1 aromatic heterocycles. The molecule has 1 heterocycles. The van der Waals surface area contributed by atoms with E-state index in [1.807, 2.05) is 0 Å². The van der Waals surface area contributed by atoms with Crippen molar-refractivity contribution < 1.29 is 14.7 Å². The standard InChI is InChI=1S/C9H13N3O3S/c1-4(10)8-12-6(3-16-8)7(13)11-5(2)9(14)15/h3-5H,10H2,1-2H3,(H,11,13)(H,14,15)/t4?,5-/m1/s1. The van der Waals surface area contributed by atoms with Gasteiger partial charge in [0.2, 0.25) is 0 Å². The topological polar surface area (TPSA) is 105 Å². The van der Waals surface area contributed by atoms with Crippen LogP contribution in [0, 0.1) is 0 Å². The number of nitrogens with two attached hydrogens (primary N) is 1. The Hall–Kier alpha value is -1.47. The number of aromatic nitrogens is 1. The van der Waals surface area contributed by atoms with Crippen LogP contribution >= 0.6 is 11.3 Å². The van der Waals surface area contributed by atoms with E-state index < -0.39 is 17.9 Å². The molecule has 0 saturated carbocycles. The predicted molar refractivity (Wildman–Crippen MR) is 59.3 cm³/mol. The summed E-state index contributed by atoms with van der Waals surface area (Å²) in [4.78, 5) is 26.1. The summed E-state index contributed by atoms with van der Waals surface area (Å²) in [5, 5.41) is 13.1. The summed E-state index contributed by atoms with van der Waals surface area (Å²) in [6, 6.07) is -1.17. The number of carboxylic acids is 1. The van der Waals surface area contributed by atoms with Crippen LogP contribution in [0.3, 0.4) is 0 Å². The summed E-state index contributed by atoms with van der Waals surface area (Å²) in [6.45, 7) is 3.15. The monoisotopic (exact) mass is 243 g/mol. The Kier molecular flexibility index (Phi) is 3.97. The van der Waals surface area contributed by atoms with Gasteiger partial charge in [0.05, 0.1) is 6.04 Å². The highest BCUT2D eigenvalue weighted by atomic mass is 32.1. The fraction of sp³-hybridized carbons (Fsp3) is 0.444. The highest BCUT2D eigenvalue weighted by Crippen LogP contribution is 2.15. The molecule has 0 saturated heterocycles. The molecule has 0 radical (unpaired) electrons. The number of carbonyl (C=O) groups is 2. The third-order valence-electron chi connectivity index (χ3n) is 1.86. The van der Waals surface area contributed by atoms with E-state index in [1.165, 1.54) is 18.3 Å². The minimum absolute atomic E-state index is 0.199. The van der Waals surface area contributed by atoms with E-state index in [4.69, 9.17) is 10.8 Å². The second kappa shape index (κ2) is 5.04. The van der Waals surface area contributed by atoms with E-state index in [9.17, 15) is 9.59 Å². The van der Waals surface area contributed by atoms with Gasteiger partial charge in [-0.15, -0.1) is 11.3 Å². The molecule has 0 aliphatic carbocycles. The van der Waals surface area contributed by atoms with Crippen LogP contribution in [0.2, 0.25) is 0 Å². The fourth-order valence-electron chi connectivity index (χ4n) is 0.933. The zero-order valence-electron chi connectivity index (χ0n) is 8.93. The Labute approximate surface area is 96.5 Å². The minimum Gasteiger partial charge on any atom is -0.480 e. The van der Waals surface area contributed by atoms with Crippen molar-refractivity contribution >= 4 is 23.2 Å². The lowest BCUT2D eigenvalue weighted by molar-refractivity contribution is -0.138. The first kappa shape index (κ1) is 12.6. The van der Waals surface area contributed by atoms with E-state index in [0.29, 0.717) is 5.01 Å². The molecule has 16 heavy (non-hydrogen) atoms. The lowest BCUT2D eigenvalue weighted by Gasteiger charge is -2.06. The van der Waals surface area contributed by atoms with E-state index >= 15 is 0 Å². The molecule has 0 fully saturated rings. The molecule has 0 aliphatic rings. The van der Waals surface area contributed by atoms with Gasteiger partial charge in [0.15, 0.2) is 0 Å². The first-order valence-electron chi connectivity index (χ1n) is 4.66. The number of nitrogens with zero attached hydrogens (tertiary/aromatic N) is 1. The molecule has 0 spiro atoms. The molecular formula is C9H13N3O3S. The average molecular weight is 243 g/mol. The number of thiazole rings is 1. The zero-order valence-corrected chi connectivity index (χ0v) is 9.75. The maximum absolute atomic E-state index is 11.5. The molecule has 4 N–H and O–H groups in total. The molecular weight excluding hydrogens is 230 g/mol. The van der Waals surface area contributed by atoms with Crippen molar-refractivity contribution in [2.45, 2.75) is 25.9 Å². The lowest BCUT2D eigenvalue weighted by Crippen LogP contribution is -2.38. The molecule has 88 valence electrons. The highest BCUT2D eigenvalue weighted by molar-refractivity contribution is 7.09. The predicted octanol–water partition coefficient (Wildman–Crippen LogP) is 0.366. The number of aliphatic carboxylic acids is 1. The van der Waals surface area contributed by atoms with Crippen molar-refractivity contribution in [1.82, 2.24) is 10.3 Å². The van der Waals surface area contributed by atoms with E-state index in [0.717, 1.165) is 0 Å². The number of rotatable bonds is 4. The number of carbonyl (C=O) groups excluding carboxylic acids is 1. The summed E-state index contributed by atoms with van der Waals surface area (Å²) >= 11 is 1.28. The van der Waals surface area contributed by atoms with E-state index in [-0.39, 0.29) is 11.7 Å².